The minimum Gasteiger partial charge on any atom is -0.462 e. The van der Waals surface area contributed by atoms with Gasteiger partial charge in [-0.25, -0.2) is 4.79 Å². The standard InChI is InChI=1S/C25H35BrO5/c1-23-8-5-17(31-22(28)13-26)12-16(23)3-4-20-19(23)6-9-24(2)18(7-10-25(20,24)29)15-11-21(27)30-14-15/h11,16-20,29H,3-10,12-14H2,1-2H3/t16-,17-,18+,19+,20+,23-,24+,25-/m0/s1. The van der Waals surface area contributed by atoms with Crippen LogP contribution in [-0.2, 0) is 19.1 Å². The number of hydrogen-bond donors (Lipinski definition) is 1. The first-order valence-corrected chi connectivity index (χ1v) is 13.2. The molecule has 5 rings (SSSR count). The molecule has 1 N–H and O–H groups in total. The van der Waals surface area contributed by atoms with E-state index in [4.69, 9.17) is 9.47 Å². The lowest BCUT2D eigenvalue weighted by atomic mass is 9.43. The van der Waals surface area contributed by atoms with Crippen LogP contribution in [0.1, 0.15) is 71.6 Å². The number of carbonyl (C=O) groups excluding carboxylic acids is 2. The van der Waals surface area contributed by atoms with Crippen molar-refractivity contribution in [3.8, 4) is 0 Å². The van der Waals surface area contributed by atoms with E-state index in [2.05, 4.69) is 29.8 Å². The van der Waals surface area contributed by atoms with Gasteiger partial charge in [0.2, 0.25) is 0 Å². The molecule has 172 valence electrons. The average Bonchev–Trinajstić information content (AvgIpc) is 3.28. The molecule has 4 aliphatic carbocycles. The number of rotatable bonds is 3. The summed E-state index contributed by atoms with van der Waals surface area (Å²) in [7, 11) is 0. The summed E-state index contributed by atoms with van der Waals surface area (Å²) in [5.41, 5.74) is 0.456. The van der Waals surface area contributed by atoms with Crippen LogP contribution >= 0.6 is 15.9 Å². The summed E-state index contributed by atoms with van der Waals surface area (Å²) in [6, 6.07) is 0. The molecule has 0 bridgehead atoms. The van der Waals surface area contributed by atoms with Crippen molar-refractivity contribution in [2.75, 3.05) is 11.9 Å². The largest absolute Gasteiger partial charge is 0.462 e. The Morgan fingerprint density at radius 3 is 2.68 bits per heavy atom. The van der Waals surface area contributed by atoms with E-state index >= 15 is 0 Å². The van der Waals surface area contributed by atoms with Gasteiger partial charge < -0.3 is 14.6 Å². The topological polar surface area (TPSA) is 72.8 Å². The van der Waals surface area contributed by atoms with Crippen molar-refractivity contribution in [1.29, 1.82) is 0 Å². The Hall–Kier alpha value is -0.880. The number of ether oxygens (including phenoxy) is 2. The predicted molar refractivity (Wildman–Crippen MR) is 119 cm³/mol. The van der Waals surface area contributed by atoms with Crippen LogP contribution < -0.4 is 0 Å². The van der Waals surface area contributed by atoms with E-state index < -0.39 is 5.60 Å². The van der Waals surface area contributed by atoms with E-state index in [1.54, 1.807) is 6.08 Å². The zero-order valence-electron chi connectivity index (χ0n) is 18.7. The molecule has 0 radical (unpaired) electrons. The molecule has 4 saturated carbocycles. The van der Waals surface area contributed by atoms with Gasteiger partial charge in [0, 0.05) is 11.5 Å². The zero-order valence-corrected chi connectivity index (χ0v) is 20.3. The lowest BCUT2D eigenvalue weighted by Gasteiger charge is -2.63. The molecule has 0 aromatic rings. The van der Waals surface area contributed by atoms with Gasteiger partial charge in [-0.05, 0) is 92.4 Å². The lowest BCUT2D eigenvalue weighted by Crippen LogP contribution is -2.62. The van der Waals surface area contributed by atoms with Crippen molar-refractivity contribution >= 4 is 27.9 Å². The van der Waals surface area contributed by atoms with Crippen molar-refractivity contribution in [1.82, 2.24) is 0 Å². The van der Waals surface area contributed by atoms with Gasteiger partial charge in [0.1, 0.15) is 18.0 Å². The third-order valence-corrected chi connectivity index (χ3v) is 10.8. The predicted octanol–water partition coefficient (Wildman–Crippen LogP) is 4.55. The van der Waals surface area contributed by atoms with Crippen LogP contribution in [-0.4, -0.2) is 40.7 Å². The smallest absolute Gasteiger partial charge is 0.331 e. The van der Waals surface area contributed by atoms with E-state index in [1.165, 1.54) is 0 Å². The highest BCUT2D eigenvalue weighted by Crippen LogP contribution is 2.70. The Kier molecular flexibility index (Phi) is 5.36. The number of carbonyl (C=O) groups is 2. The summed E-state index contributed by atoms with van der Waals surface area (Å²) in [5.74, 6) is 1.25. The van der Waals surface area contributed by atoms with Crippen LogP contribution in [0.4, 0.5) is 0 Å². The van der Waals surface area contributed by atoms with Crippen molar-refractivity contribution in [3.05, 3.63) is 11.6 Å². The number of alkyl halides is 1. The molecule has 5 aliphatic rings. The van der Waals surface area contributed by atoms with Crippen LogP contribution in [0, 0.1) is 34.5 Å². The SMILES string of the molecule is C[C@]12CC[C@H](OC(=O)CBr)C[C@@H]1CC[C@@H]1[C@H]2CC[C@]2(C)[C@@H](C3=CC(=O)OC3)CC[C@]12O. The third-order valence-electron chi connectivity index (χ3n) is 10.3. The van der Waals surface area contributed by atoms with Crippen LogP contribution in [0.25, 0.3) is 0 Å². The Bertz CT molecular complexity index is 810. The van der Waals surface area contributed by atoms with E-state index in [9.17, 15) is 14.7 Å². The fourth-order valence-corrected chi connectivity index (χ4v) is 8.83. The van der Waals surface area contributed by atoms with Crippen LogP contribution in [0.5, 0.6) is 0 Å². The van der Waals surface area contributed by atoms with E-state index in [0.29, 0.717) is 24.4 Å². The highest BCUT2D eigenvalue weighted by Gasteiger charge is 2.67. The zero-order chi connectivity index (χ0) is 22.0. The number of cyclic esters (lactones) is 1. The number of fused-ring (bicyclic) bond motifs is 5. The number of halogens is 1. The van der Waals surface area contributed by atoms with Crippen molar-refractivity contribution in [3.63, 3.8) is 0 Å². The molecule has 1 aliphatic heterocycles. The molecule has 0 unspecified atom stereocenters. The second kappa shape index (κ2) is 7.58. The fraction of sp³-hybridized carbons (Fsp3) is 0.840. The molecule has 6 heteroatoms. The molecular weight excluding hydrogens is 460 g/mol. The molecule has 8 atom stereocenters. The molecule has 0 spiro atoms. The number of aliphatic hydroxyl groups is 1. The molecule has 0 aromatic heterocycles. The maximum absolute atomic E-state index is 12.2. The van der Waals surface area contributed by atoms with Gasteiger partial charge in [-0.2, -0.15) is 0 Å². The van der Waals surface area contributed by atoms with E-state index in [-0.39, 0.29) is 40.1 Å². The Labute approximate surface area is 193 Å². The first-order valence-electron chi connectivity index (χ1n) is 12.1. The summed E-state index contributed by atoms with van der Waals surface area (Å²) in [4.78, 5) is 23.5. The molecule has 1 heterocycles. The maximum atomic E-state index is 12.2. The van der Waals surface area contributed by atoms with E-state index in [1.807, 2.05) is 0 Å². The van der Waals surface area contributed by atoms with Crippen LogP contribution in [0.3, 0.4) is 0 Å². The number of hydrogen-bond acceptors (Lipinski definition) is 5. The molecule has 0 aromatic carbocycles. The lowest BCUT2D eigenvalue weighted by molar-refractivity contribution is -0.209. The molecule has 4 fully saturated rings. The van der Waals surface area contributed by atoms with Gasteiger partial charge >= 0.3 is 11.9 Å². The first kappa shape index (κ1) is 21.9. The van der Waals surface area contributed by atoms with E-state index in [0.717, 1.165) is 63.4 Å². The van der Waals surface area contributed by atoms with Gasteiger partial charge in [0.05, 0.1) is 5.60 Å². The molecule has 5 nitrogen and oxygen atoms in total. The Morgan fingerprint density at radius 1 is 1.16 bits per heavy atom. The van der Waals surface area contributed by atoms with Crippen molar-refractivity contribution in [2.45, 2.75) is 83.3 Å². The summed E-state index contributed by atoms with van der Waals surface area (Å²) < 4.78 is 10.9. The quantitative estimate of drug-likeness (QED) is 0.460. The monoisotopic (exact) mass is 494 g/mol. The average molecular weight is 495 g/mol. The number of esters is 2. The Morgan fingerprint density at radius 2 is 1.97 bits per heavy atom. The van der Waals surface area contributed by atoms with Gasteiger partial charge in [0.15, 0.2) is 0 Å². The van der Waals surface area contributed by atoms with Gasteiger partial charge in [-0.15, -0.1) is 0 Å². The van der Waals surface area contributed by atoms with Crippen molar-refractivity contribution in [2.24, 2.45) is 34.5 Å². The minimum absolute atomic E-state index is 0.0410. The summed E-state index contributed by atoms with van der Waals surface area (Å²) in [6.07, 6.45) is 10.8. The molecule has 0 saturated heterocycles. The normalized spacial score (nSPS) is 48.8. The highest BCUT2D eigenvalue weighted by molar-refractivity contribution is 9.09. The third kappa shape index (κ3) is 3.18. The van der Waals surface area contributed by atoms with Gasteiger partial charge in [-0.3, -0.25) is 4.79 Å². The minimum atomic E-state index is -0.666. The van der Waals surface area contributed by atoms with Gasteiger partial charge in [-0.1, -0.05) is 29.8 Å². The fourth-order valence-electron chi connectivity index (χ4n) is 8.69. The first-order chi connectivity index (χ1) is 14.7. The molecule has 31 heavy (non-hydrogen) atoms. The maximum Gasteiger partial charge on any atom is 0.331 e. The second-order valence-corrected chi connectivity index (χ2v) is 11.9. The Balaban J connectivity index is 1.37. The summed E-state index contributed by atoms with van der Waals surface area (Å²) in [5, 5.41) is 12.5. The van der Waals surface area contributed by atoms with Crippen molar-refractivity contribution < 1.29 is 24.2 Å². The second-order valence-electron chi connectivity index (χ2n) is 11.3. The van der Waals surface area contributed by atoms with Crippen LogP contribution in [0.2, 0.25) is 0 Å². The molecule has 0 amide bonds. The molecular formula is C25H35BrO5. The highest BCUT2D eigenvalue weighted by atomic mass is 79.9. The van der Waals surface area contributed by atoms with Gasteiger partial charge in [0.25, 0.3) is 0 Å². The van der Waals surface area contributed by atoms with Crippen LogP contribution in [0.15, 0.2) is 11.6 Å². The summed E-state index contributed by atoms with van der Waals surface area (Å²) >= 11 is 3.20. The summed E-state index contributed by atoms with van der Waals surface area (Å²) in [6.45, 7) is 5.12.